The second-order valence-electron chi connectivity index (χ2n) is 7.47. The number of piperidine rings is 1. The zero-order chi connectivity index (χ0) is 18.1. The standard InChI is InChI=1S/C20H26N6O/c1-3-15(13-21-6-1)18-17-5-8-26(16-4-2-7-22-14-16)19(17)24-20(23-18)25-9-11-27-12-10-25/h2,4,7,14-15,21H,1,3,5-6,8-13H2. The molecule has 2 aromatic rings. The third kappa shape index (κ3) is 3.26. The minimum absolute atomic E-state index is 0.476. The van der Waals surface area contributed by atoms with Crippen LogP contribution in [0.3, 0.4) is 0 Å². The number of nitrogens with zero attached hydrogens (tertiary/aromatic N) is 5. The fraction of sp³-hybridized carbons (Fsp3) is 0.550. The Bertz CT molecular complexity index is 787. The molecule has 7 heteroatoms. The van der Waals surface area contributed by atoms with E-state index < -0.39 is 0 Å². The monoisotopic (exact) mass is 366 g/mol. The summed E-state index contributed by atoms with van der Waals surface area (Å²) in [6.07, 6.45) is 7.15. The van der Waals surface area contributed by atoms with Gasteiger partial charge in [0.25, 0.3) is 0 Å². The van der Waals surface area contributed by atoms with Crippen molar-refractivity contribution in [3.05, 3.63) is 35.8 Å². The number of aromatic nitrogens is 3. The lowest BCUT2D eigenvalue weighted by molar-refractivity contribution is 0.122. The van der Waals surface area contributed by atoms with Crippen LogP contribution in [0.5, 0.6) is 0 Å². The number of fused-ring (bicyclic) bond motifs is 1. The molecule has 2 fully saturated rings. The first-order valence-electron chi connectivity index (χ1n) is 10.0. The Balaban J connectivity index is 1.57. The van der Waals surface area contributed by atoms with Crippen molar-refractivity contribution >= 4 is 17.5 Å². The Morgan fingerprint density at radius 1 is 1.15 bits per heavy atom. The van der Waals surface area contributed by atoms with E-state index in [4.69, 9.17) is 14.7 Å². The average Bonchev–Trinajstić information content (AvgIpc) is 3.19. The predicted octanol–water partition coefficient (Wildman–Crippen LogP) is 1.87. The lowest BCUT2D eigenvalue weighted by Crippen LogP contribution is -2.38. The van der Waals surface area contributed by atoms with E-state index in [1.54, 1.807) is 0 Å². The van der Waals surface area contributed by atoms with Crippen molar-refractivity contribution in [2.75, 3.05) is 55.7 Å². The number of nitrogens with one attached hydrogen (secondary N) is 1. The maximum atomic E-state index is 5.52. The summed E-state index contributed by atoms with van der Waals surface area (Å²) in [6.45, 7) is 6.26. The molecule has 0 radical (unpaired) electrons. The zero-order valence-electron chi connectivity index (χ0n) is 15.6. The van der Waals surface area contributed by atoms with Crippen molar-refractivity contribution in [1.82, 2.24) is 20.3 Å². The lowest BCUT2D eigenvalue weighted by atomic mass is 9.92. The lowest BCUT2D eigenvalue weighted by Gasteiger charge is -2.30. The smallest absolute Gasteiger partial charge is 0.227 e. The molecule has 3 aliphatic heterocycles. The highest BCUT2D eigenvalue weighted by molar-refractivity contribution is 5.68. The quantitative estimate of drug-likeness (QED) is 0.889. The Morgan fingerprint density at radius 2 is 2.07 bits per heavy atom. The highest BCUT2D eigenvalue weighted by atomic mass is 16.5. The van der Waals surface area contributed by atoms with Crippen LogP contribution in [-0.2, 0) is 11.2 Å². The molecule has 2 aromatic heterocycles. The van der Waals surface area contributed by atoms with Crippen LogP contribution in [0.15, 0.2) is 24.5 Å². The van der Waals surface area contributed by atoms with Crippen LogP contribution in [0.1, 0.15) is 30.0 Å². The molecule has 2 saturated heterocycles. The molecule has 0 aliphatic carbocycles. The second kappa shape index (κ2) is 7.40. The van der Waals surface area contributed by atoms with Crippen molar-refractivity contribution < 1.29 is 4.74 Å². The van der Waals surface area contributed by atoms with Gasteiger partial charge in [0.05, 0.1) is 30.8 Å². The van der Waals surface area contributed by atoms with Crippen LogP contribution in [0.2, 0.25) is 0 Å². The van der Waals surface area contributed by atoms with Gasteiger partial charge in [-0.05, 0) is 37.9 Å². The van der Waals surface area contributed by atoms with Crippen LogP contribution in [0, 0.1) is 0 Å². The Morgan fingerprint density at radius 3 is 2.85 bits per heavy atom. The van der Waals surface area contributed by atoms with Crippen molar-refractivity contribution in [3.8, 4) is 0 Å². The minimum atomic E-state index is 0.476. The van der Waals surface area contributed by atoms with E-state index in [0.29, 0.717) is 5.92 Å². The molecular weight excluding hydrogens is 340 g/mol. The number of anilines is 3. The van der Waals surface area contributed by atoms with E-state index in [0.717, 1.165) is 69.8 Å². The Labute approximate surface area is 159 Å². The van der Waals surface area contributed by atoms with Crippen LogP contribution >= 0.6 is 0 Å². The van der Waals surface area contributed by atoms with Gasteiger partial charge in [0.1, 0.15) is 5.82 Å². The molecule has 1 unspecified atom stereocenters. The molecule has 0 aromatic carbocycles. The molecule has 5 heterocycles. The van der Waals surface area contributed by atoms with Gasteiger partial charge in [0.15, 0.2) is 0 Å². The number of morpholine rings is 1. The summed E-state index contributed by atoms with van der Waals surface area (Å²) in [5.74, 6) is 2.40. The van der Waals surface area contributed by atoms with Crippen molar-refractivity contribution in [3.63, 3.8) is 0 Å². The molecule has 1 N–H and O–H groups in total. The highest BCUT2D eigenvalue weighted by Crippen LogP contribution is 2.39. The molecule has 5 rings (SSSR count). The van der Waals surface area contributed by atoms with Crippen molar-refractivity contribution in [2.24, 2.45) is 0 Å². The molecule has 142 valence electrons. The van der Waals surface area contributed by atoms with Gasteiger partial charge in [-0.15, -0.1) is 0 Å². The van der Waals surface area contributed by atoms with Gasteiger partial charge >= 0.3 is 0 Å². The van der Waals surface area contributed by atoms with Gasteiger partial charge in [-0.25, -0.2) is 4.98 Å². The van der Waals surface area contributed by atoms with Crippen LogP contribution in [0.25, 0.3) is 0 Å². The number of rotatable bonds is 3. The number of hydrogen-bond donors (Lipinski definition) is 1. The van der Waals surface area contributed by atoms with Crippen LogP contribution in [0.4, 0.5) is 17.5 Å². The molecule has 0 amide bonds. The Kier molecular flexibility index (Phi) is 4.63. The molecule has 3 aliphatic rings. The van der Waals surface area contributed by atoms with Crippen LogP contribution in [-0.4, -0.2) is 60.9 Å². The van der Waals surface area contributed by atoms with E-state index in [1.807, 2.05) is 18.5 Å². The summed E-state index contributed by atoms with van der Waals surface area (Å²) in [7, 11) is 0. The Hall–Kier alpha value is -2.25. The van der Waals surface area contributed by atoms with E-state index in [2.05, 4.69) is 26.2 Å². The van der Waals surface area contributed by atoms with Crippen LogP contribution < -0.4 is 15.1 Å². The normalized spacial score (nSPS) is 22.7. The third-order valence-electron chi connectivity index (χ3n) is 5.78. The number of pyridine rings is 1. The van der Waals surface area contributed by atoms with Gasteiger partial charge < -0.3 is 19.9 Å². The second-order valence-corrected chi connectivity index (χ2v) is 7.47. The van der Waals surface area contributed by atoms with Gasteiger partial charge in [-0.2, -0.15) is 4.98 Å². The number of hydrogen-bond acceptors (Lipinski definition) is 7. The van der Waals surface area contributed by atoms with Gasteiger partial charge in [0, 0.05) is 43.9 Å². The van der Waals surface area contributed by atoms with Gasteiger partial charge in [-0.1, -0.05) is 0 Å². The minimum Gasteiger partial charge on any atom is -0.378 e. The summed E-state index contributed by atoms with van der Waals surface area (Å²) in [5, 5.41) is 3.55. The van der Waals surface area contributed by atoms with Gasteiger partial charge in [-0.3, -0.25) is 4.98 Å². The zero-order valence-corrected chi connectivity index (χ0v) is 15.6. The molecule has 7 nitrogen and oxygen atoms in total. The maximum absolute atomic E-state index is 5.52. The summed E-state index contributed by atoms with van der Waals surface area (Å²) in [4.78, 5) is 19.0. The predicted molar refractivity (Wildman–Crippen MR) is 105 cm³/mol. The molecule has 27 heavy (non-hydrogen) atoms. The topological polar surface area (TPSA) is 66.4 Å². The first-order valence-corrected chi connectivity index (χ1v) is 10.0. The number of ether oxygens (including phenoxy) is 1. The van der Waals surface area contributed by atoms with E-state index in [-0.39, 0.29) is 0 Å². The third-order valence-corrected chi connectivity index (χ3v) is 5.78. The highest BCUT2D eigenvalue weighted by Gasteiger charge is 2.31. The first kappa shape index (κ1) is 16.9. The summed E-state index contributed by atoms with van der Waals surface area (Å²) < 4.78 is 5.52. The summed E-state index contributed by atoms with van der Waals surface area (Å²) in [5.41, 5.74) is 3.68. The molecule has 0 saturated carbocycles. The SMILES string of the molecule is c1cncc(N2CCc3c(C4CCCNC4)nc(N4CCOCC4)nc32)c1. The molecule has 0 bridgehead atoms. The fourth-order valence-corrected chi connectivity index (χ4v) is 4.36. The molecule has 1 atom stereocenters. The largest absolute Gasteiger partial charge is 0.378 e. The van der Waals surface area contributed by atoms with E-state index >= 15 is 0 Å². The average molecular weight is 366 g/mol. The summed E-state index contributed by atoms with van der Waals surface area (Å²) in [6, 6.07) is 4.10. The van der Waals surface area contributed by atoms with Crippen molar-refractivity contribution in [1.29, 1.82) is 0 Å². The van der Waals surface area contributed by atoms with E-state index in [1.165, 1.54) is 24.1 Å². The fourth-order valence-electron chi connectivity index (χ4n) is 4.36. The van der Waals surface area contributed by atoms with Gasteiger partial charge in [0.2, 0.25) is 5.95 Å². The first-order chi connectivity index (χ1) is 13.4. The van der Waals surface area contributed by atoms with Crippen molar-refractivity contribution in [2.45, 2.75) is 25.2 Å². The maximum Gasteiger partial charge on any atom is 0.227 e. The molecule has 0 spiro atoms. The van der Waals surface area contributed by atoms with E-state index in [9.17, 15) is 0 Å². The summed E-state index contributed by atoms with van der Waals surface area (Å²) >= 11 is 0. The molecular formula is C20H26N6O.